The second-order valence-corrected chi connectivity index (χ2v) is 21.0. The SMILES string of the molecule is CC(C)(C)c1ccc(N(c2ccccc2)c2ccc3c(-c4cccc(-c5ccccc5)c4)c4cc(N(c5ccccc5)c5ccc(C(C)(C)C)cc5)ccc4c(-c4cccc(-c5ccccc5)c4)c3c2)cc1. The monoisotopic (exact) mass is 928 g/mol. The Balaban J connectivity index is 1.23. The van der Waals surface area contributed by atoms with Gasteiger partial charge in [0, 0.05) is 34.1 Å². The first-order valence-electron chi connectivity index (χ1n) is 25.2. The number of nitrogens with zero attached hydrogens (tertiary/aromatic N) is 2. The van der Waals surface area contributed by atoms with E-state index in [1.54, 1.807) is 0 Å². The van der Waals surface area contributed by atoms with Gasteiger partial charge in [0.15, 0.2) is 0 Å². The third-order valence-electron chi connectivity index (χ3n) is 14.1. The minimum atomic E-state index is 0.0341. The summed E-state index contributed by atoms with van der Waals surface area (Å²) in [6.45, 7) is 13.7. The van der Waals surface area contributed by atoms with Crippen molar-refractivity contribution in [3.63, 3.8) is 0 Å². The molecule has 0 unspecified atom stereocenters. The molecule has 0 saturated heterocycles. The molecule has 0 N–H and O–H groups in total. The van der Waals surface area contributed by atoms with Gasteiger partial charge in [-0.3, -0.25) is 0 Å². The number of fused-ring (bicyclic) bond motifs is 2. The molecule has 0 spiro atoms. The molecule has 2 heteroatoms. The van der Waals surface area contributed by atoms with E-state index >= 15 is 0 Å². The highest BCUT2D eigenvalue weighted by Gasteiger charge is 2.24. The molecule has 11 rings (SSSR count). The molecule has 350 valence electrons. The van der Waals surface area contributed by atoms with Crippen molar-refractivity contribution in [3.8, 4) is 44.5 Å². The van der Waals surface area contributed by atoms with Gasteiger partial charge in [0.25, 0.3) is 0 Å². The minimum absolute atomic E-state index is 0.0341. The maximum Gasteiger partial charge on any atom is 0.0468 e. The second kappa shape index (κ2) is 19.0. The summed E-state index contributed by atoms with van der Waals surface area (Å²) in [5.41, 5.74) is 18.8. The molecule has 2 nitrogen and oxygen atoms in total. The molecule has 0 aromatic heterocycles. The lowest BCUT2D eigenvalue weighted by molar-refractivity contribution is 0.590. The quantitative estimate of drug-likeness (QED) is 0.126. The number of anilines is 6. The van der Waals surface area contributed by atoms with E-state index < -0.39 is 0 Å². The van der Waals surface area contributed by atoms with E-state index in [1.165, 1.54) is 77.2 Å². The second-order valence-electron chi connectivity index (χ2n) is 21.0. The van der Waals surface area contributed by atoms with Crippen LogP contribution in [-0.4, -0.2) is 0 Å². The lowest BCUT2D eigenvalue weighted by Crippen LogP contribution is -2.13. The molecule has 0 aliphatic heterocycles. The van der Waals surface area contributed by atoms with Crippen LogP contribution in [0.3, 0.4) is 0 Å². The predicted octanol–water partition coefficient (Wildman–Crippen LogP) is 20.2. The van der Waals surface area contributed by atoms with Gasteiger partial charge in [0.05, 0.1) is 0 Å². The van der Waals surface area contributed by atoms with E-state index in [0.717, 1.165) is 34.1 Å². The summed E-state index contributed by atoms with van der Waals surface area (Å²) in [6.07, 6.45) is 0. The van der Waals surface area contributed by atoms with Crippen molar-refractivity contribution in [3.05, 3.63) is 266 Å². The van der Waals surface area contributed by atoms with Crippen LogP contribution in [-0.2, 0) is 10.8 Å². The van der Waals surface area contributed by atoms with Crippen molar-refractivity contribution in [2.45, 2.75) is 52.4 Å². The van der Waals surface area contributed by atoms with Gasteiger partial charge >= 0.3 is 0 Å². The van der Waals surface area contributed by atoms with Crippen molar-refractivity contribution < 1.29 is 0 Å². The van der Waals surface area contributed by atoms with Crippen LogP contribution < -0.4 is 9.80 Å². The van der Waals surface area contributed by atoms with Crippen molar-refractivity contribution in [1.82, 2.24) is 0 Å². The van der Waals surface area contributed by atoms with E-state index in [0.29, 0.717) is 0 Å². The average Bonchev–Trinajstić information content (AvgIpc) is 3.41. The average molecular weight is 929 g/mol. The van der Waals surface area contributed by atoms with Crippen LogP contribution in [0.2, 0.25) is 0 Å². The van der Waals surface area contributed by atoms with E-state index in [9.17, 15) is 0 Å². The Morgan fingerprint density at radius 2 is 0.514 bits per heavy atom. The van der Waals surface area contributed by atoms with Crippen LogP contribution in [0.15, 0.2) is 255 Å². The fraction of sp³-hybridized carbons (Fsp3) is 0.114. The number of rotatable bonds is 10. The zero-order valence-electron chi connectivity index (χ0n) is 42.1. The Kier molecular flexibility index (Phi) is 12.2. The largest absolute Gasteiger partial charge is 0.310 e. The van der Waals surface area contributed by atoms with Crippen LogP contribution in [0.5, 0.6) is 0 Å². The molecule has 0 atom stereocenters. The van der Waals surface area contributed by atoms with E-state index in [4.69, 9.17) is 0 Å². The third-order valence-corrected chi connectivity index (χ3v) is 14.1. The summed E-state index contributed by atoms with van der Waals surface area (Å²) in [4.78, 5) is 4.81. The van der Waals surface area contributed by atoms with Gasteiger partial charge in [0.2, 0.25) is 0 Å². The van der Waals surface area contributed by atoms with Gasteiger partial charge in [-0.15, -0.1) is 0 Å². The van der Waals surface area contributed by atoms with Gasteiger partial charge < -0.3 is 9.80 Å². The highest BCUT2D eigenvalue weighted by atomic mass is 15.1. The van der Waals surface area contributed by atoms with Gasteiger partial charge in [-0.25, -0.2) is 0 Å². The summed E-state index contributed by atoms with van der Waals surface area (Å²) in [7, 11) is 0. The Bertz CT molecular complexity index is 3410. The lowest BCUT2D eigenvalue weighted by atomic mass is 9.84. The first-order chi connectivity index (χ1) is 35.0. The number of para-hydroxylation sites is 2. The van der Waals surface area contributed by atoms with Gasteiger partial charge in [-0.1, -0.05) is 211 Å². The zero-order valence-corrected chi connectivity index (χ0v) is 42.1. The Labute approximate surface area is 426 Å². The fourth-order valence-corrected chi connectivity index (χ4v) is 10.3. The summed E-state index contributed by atoms with van der Waals surface area (Å²) in [5.74, 6) is 0. The molecule has 0 heterocycles. The summed E-state index contributed by atoms with van der Waals surface area (Å²) >= 11 is 0. The van der Waals surface area contributed by atoms with E-state index in [-0.39, 0.29) is 10.8 Å². The molecule has 0 radical (unpaired) electrons. The van der Waals surface area contributed by atoms with Gasteiger partial charge in [0.1, 0.15) is 0 Å². The maximum atomic E-state index is 2.44. The lowest BCUT2D eigenvalue weighted by Gasteiger charge is -2.29. The van der Waals surface area contributed by atoms with Crippen molar-refractivity contribution in [1.29, 1.82) is 0 Å². The Morgan fingerprint density at radius 1 is 0.222 bits per heavy atom. The van der Waals surface area contributed by atoms with Crippen LogP contribution in [0.25, 0.3) is 66.1 Å². The Morgan fingerprint density at radius 3 is 0.861 bits per heavy atom. The molecule has 0 bridgehead atoms. The number of hydrogen-bond donors (Lipinski definition) is 0. The normalized spacial score (nSPS) is 11.8. The van der Waals surface area contributed by atoms with Crippen LogP contribution >= 0.6 is 0 Å². The van der Waals surface area contributed by atoms with Crippen LogP contribution in [0.1, 0.15) is 52.7 Å². The minimum Gasteiger partial charge on any atom is -0.310 e. The van der Waals surface area contributed by atoms with Crippen molar-refractivity contribution in [2.24, 2.45) is 0 Å². The first-order valence-corrected chi connectivity index (χ1v) is 25.2. The first kappa shape index (κ1) is 46.0. The van der Waals surface area contributed by atoms with Crippen molar-refractivity contribution >= 4 is 55.7 Å². The van der Waals surface area contributed by atoms with Crippen LogP contribution in [0.4, 0.5) is 34.1 Å². The predicted molar refractivity (Wildman–Crippen MR) is 310 cm³/mol. The topological polar surface area (TPSA) is 6.48 Å². The standard InChI is InChI=1S/C70H60N2/c1-69(2,3)55-33-37-59(38-34-55)71(57-29-15-9-16-30-57)61-41-43-63-65(47-61)67(53-27-19-25-51(45-53)49-21-11-7-12-22-49)64-44-42-62(48-66(64)68(63)54-28-20-26-52(46-54)50-23-13-8-14-24-50)72(58-31-17-10-18-32-58)60-39-35-56(36-40-60)70(4,5)6/h7-48H,1-6H3. The molecular formula is C70H60N2. The van der Waals surface area contributed by atoms with E-state index in [2.05, 4.69) is 306 Å². The molecule has 0 saturated carbocycles. The molecule has 11 aromatic rings. The van der Waals surface area contributed by atoms with Gasteiger partial charge in [-0.2, -0.15) is 0 Å². The summed E-state index contributed by atoms with van der Waals surface area (Å²) < 4.78 is 0. The summed E-state index contributed by atoms with van der Waals surface area (Å²) in [5, 5.41) is 4.74. The van der Waals surface area contributed by atoms with Crippen LogP contribution in [0, 0.1) is 0 Å². The molecular weight excluding hydrogens is 869 g/mol. The van der Waals surface area contributed by atoms with E-state index in [1.807, 2.05) is 0 Å². The molecule has 0 fully saturated rings. The number of hydrogen-bond acceptors (Lipinski definition) is 2. The number of benzene rings is 11. The molecule has 0 aliphatic rings. The highest BCUT2D eigenvalue weighted by molar-refractivity contribution is 6.23. The van der Waals surface area contributed by atoms with Crippen molar-refractivity contribution in [2.75, 3.05) is 9.80 Å². The zero-order chi connectivity index (χ0) is 49.4. The Hall–Kier alpha value is -8.46. The third kappa shape index (κ3) is 9.09. The maximum absolute atomic E-state index is 2.44. The summed E-state index contributed by atoms with van der Waals surface area (Å²) in [6, 6.07) is 93.9. The highest BCUT2D eigenvalue weighted by Crippen LogP contribution is 2.49. The smallest absolute Gasteiger partial charge is 0.0468 e. The molecule has 72 heavy (non-hydrogen) atoms. The molecule has 11 aromatic carbocycles. The molecule has 0 amide bonds. The molecule has 0 aliphatic carbocycles. The fourth-order valence-electron chi connectivity index (χ4n) is 10.3. The van der Waals surface area contributed by atoms with Gasteiger partial charge in [-0.05, 0) is 173 Å².